The van der Waals surface area contributed by atoms with Crippen LogP contribution >= 0.6 is 0 Å². The smallest absolute Gasteiger partial charge is 0.327 e. The minimum Gasteiger partial charge on any atom is -0.478 e. The molecule has 3 nitrogen and oxygen atoms in total. The molecule has 0 heterocycles. The van der Waals surface area contributed by atoms with E-state index >= 15 is 0 Å². The van der Waals surface area contributed by atoms with Gasteiger partial charge in [-0.25, -0.2) is 4.79 Å². The number of benzene rings is 1. The van der Waals surface area contributed by atoms with E-state index in [9.17, 15) is 4.79 Å². The molecule has 140 valence electrons. The standard InChI is InChI=1S/C21H34O3Si/c1-5-25(6-2,7-3)24-20(14-11-15-21(22)23)18(4)16-17-19-12-9-8-10-13-19/h8-13,15,18,20H,5-7,14,16-17H2,1-4H3,(H,22,23)/b15-11+/t18-,20+/m1/s1. The predicted octanol–water partition coefficient (Wildman–Crippen LogP) is 5.68. The van der Waals surface area contributed by atoms with Crippen molar-refractivity contribution in [2.45, 2.75) is 71.2 Å². The zero-order valence-corrected chi connectivity index (χ0v) is 17.2. The first-order valence-corrected chi connectivity index (χ1v) is 12.1. The van der Waals surface area contributed by atoms with Crippen LogP contribution in [0.5, 0.6) is 0 Å². The van der Waals surface area contributed by atoms with Crippen molar-refractivity contribution in [2.75, 3.05) is 0 Å². The largest absolute Gasteiger partial charge is 0.478 e. The number of aryl methyl sites for hydroxylation is 1. The SMILES string of the molecule is CC[Si](CC)(CC)O[C@@H](C/C=C/C(=O)O)[C@H](C)CCc1ccccc1. The molecule has 25 heavy (non-hydrogen) atoms. The number of carboxylic acid groups (broad SMARTS) is 1. The summed E-state index contributed by atoms with van der Waals surface area (Å²) in [4.78, 5) is 10.8. The van der Waals surface area contributed by atoms with Crippen molar-refractivity contribution < 1.29 is 14.3 Å². The number of carboxylic acids is 1. The molecule has 0 bridgehead atoms. The van der Waals surface area contributed by atoms with E-state index in [0.29, 0.717) is 12.3 Å². The van der Waals surface area contributed by atoms with Crippen LogP contribution in [0, 0.1) is 5.92 Å². The highest BCUT2D eigenvalue weighted by molar-refractivity contribution is 6.73. The summed E-state index contributed by atoms with van der Waals surface area (Å²) < 4.78 is 6.71. The van der Waals surface area contributed by atoms with Crippen LogP contribution in [0.2, 0.25) is 18.1 Å². The number of hydrogen-bond donors (Lipinski definition) is 1. The zero-order chi connectivity index (χ0) is 18.7. The lowest BCUT2D eigenvalue weighted by molar-refractivity contribution is -0.131. The van der Waals surface area contributed by atoms with Crippen LogP contribution in [-0.2, 0) is 15.6 Å². The minimum atomic E-state index is -1.71. The Hall–Kier alpha value is -1.39. The Kier molecular flexibility index (Phi) is 9.76. The van der Waals surface area contributed by atoms with Crippen LogP contribution in [-0.4, -0.2) is 25.5 Å². The van der Waals surface area contributed by atoms with Crippen LogP contribution in [0.15, 0.2) is 42.5 Å². The van der Waals surface area contributed by atoms with Gasteiger partial charge in [-0.3, -0.25) is 0 Å². The van der Waals surface area contributed by atoms with Crippen molar-refractivity contribution in [3.8, 4) is 0 Å². The maximum atomic E-state index is 10.8. The molecule has 1 rings (SSSR count). The van der Waals surface area contributed by atoms with Crippen LogP contribution in [0.25, 0.3) is 0 Å². The monoisotopic (exact) mass is 362 g/mol. The summed E-state index contributed by atoms with van der Waals surface area (Å²) in [5, 5.41) is 8.87. The van der Waals surface area contributed by atoms with Crippen molar-refractivity contribution in [3.63, 3.8) is 0 Å². The quantitative estimate of drug-likeness (QED) is 0.384. The van der Waals surface area contributed by atoms with E-state index in [4.69, 9.17) is 9.53 Å². The first-order valence-electron chi connectivity index (χ1n) is 9.57. The van der Waals surface area contributed by atoms with Gasteiger partial charge in [-0.15, -0.1) is 0 Å². The third-order valence-electron chi connectivity index (χ3n) is 5.33. The molecule has 0 fully saturated rings. The first kappa shape index (κ1) is 21.6. The van der Waals surface area contributed by atoms with Gasteiger partial charge in [0.05, 0.1) is 6.10 Å². The second-order valence-corrected chi connectivity index (χ2v) is 11.6. The van der Waals surface area contributed by atoms with E-state index in [0.717, 1.165) is 31.0 Å². The molecular formula is C21H34O3Si. The Bertz CT molecular complexity index is 515. The fourth-order valence-corrected chi connectivity index (χ4v) is 6.22. The predicted molar refractivity (Wildman–Crippen MR) is 107 cm³/mol. The molecule has 1 aromatic rings. The summed E-state index contributed by atoms with van der Waals surface area (Å²) in [7, 11) is -1.71. The summed E-state index contributed by atoms with van der Waals surface area (Å²) in [6, 6.07) is 13.9. The Labute approximate surface area is 154 Å². The van der Waals surface area contributed by atoms with Gasteiger partial charge < -0.3 is 9.53 Å². The minimum absolute atomic E-state index is 0.103. The van der Waals surface area contributed by atoms with E-state index < -0.39 is 14.3 Å². The Morgan fingerprint density at radius 1 is 1.16 bits per heavy atom. The maximum absolute atomic E-state index is 10.8. The van der Waals surface area contributed by atoms with E-state index in [1.807, 2.05) is 6.07 Å². The molecule has 0 aliphatic heterocycles. The summed E-state index contributed by atoms with van der Waals surface area (Å²) in [6.07, 6.45) is 5.86. The molecule has 0 radical (unpaired) electrons. The summed E-state index contributed by atoms with van der Waals surface area (Å²) in [5.41, 5.74) is 1.35. The van der Waals surface area contributed by atoms with Gasteiger partial charge in [0.1, 0.15) is 0 Å². The zero-order valence-electron chi connectivity index (χ0n) is 16.2. The molecule has 2 atom stereocenters. The van der Waals surface area contributed by atoms with Crippen molar-refractivity contribution >= 4 is 14.3 Å². The van der Waals surface area contributed by atoms with Crippen molar-refractivity contribution in [2.24, 2.45) is 5.92 Å². The van der Waals surface area contributed by atoms with Gasteiger partial charge in [0.15, 0.2) is 8.32 Å². The van der Waals surface area contributed by atoms with Gasteiger partial charge in [-0.1, -0.05) is 64.1 Å². The van der Waals surface area contributed by atoms with Crippen molar-refractivity contribution in [1.29, 1.82) is 0 Å². The van der Waals surface area contributed by atoms with Gasteiger partial charge in [-0.2, -0.15) is 0 Å². The lowest BCUT2D eigenvalue weighted by Gasteiger charge is -2.36. The van der Waals surface area contributed by atoms with Gasteiger partial charge in [-0.05, 0) is 48.9 Å². The highest BCUT2D eigenvalue weighted by Crippen LogP contribution is 2.29. The van der Waals surface area contributed by atoms with Crippen LogP contribution < -0.4 is 0 Å². The van der Waals surface area contributed by atoms with E-state index in [-0.39, 0.29) is 6.10 Å². The molecule has 1 aromatic carbocycles. The topological polar surface area (TPSA) is 46.5 Å². The Morgan fingerprint density at radius 3 is 2.28 bits per heavy atom. The molecule has 0 aromatic heterocycles. The second kappa shape index (κ2) is 11.3. The van der Waals surface area contributed by atoms with Crippen LogP contribution in [0.3, 0.4) is 0 Å². The lowest BCUT2D eigenvalue weighted by Crippen LogP contribution is -2.42. The molecule has 0 aliphatic carbocycles. The van der Waals surface area contributed by atoms with Gasteiger partial charge in [0.25, 0.3) is 0 Å². The molecule has 0 saturated carbocycles. The van der Waals surface area contributed by atoms with Gasteiger partial charge in [0, 0.05) is 6.08 Å². The van der Waals surface area contributed by atoms with Crippen LogP contribution in [0.1, 0.15) is 46.1 Å². The average molecular weight is 363 g/mol. The first-order chi connectivity index (χ1) is 12.0. The molecule has 0 amide bonds. The van der Waals surface area contributed by atoms with Crippen molar-refractivity contribution in [3.05, 3.63) is 48.0 Å². The molecule has 0 aliphatic rings. The van der Waals surface area contributed by atoms with Crippen molar-refractivity contribution in [1.82, 2.24) is 0 Å². The summed E-state index contributed by atoms with van der Waals surface area (Å²) in [6.45, 7) is 8.94. The highest BCUT2D eigenvalue weighted by Gasteiger charge is 2.33. The fraction of sp³-hybridized carbons (Fsp3) is 0.571. The number of aliphatic carboxylic acids is 1. The Morgan fingerprint density at radius 2 is 1.76 bits per heavy atom. The van der Waals surface area contributed by atoms with Gasteiger partial charge in [0.2, 0.25) is 0 Å². The molecule has 0 unspecified atom stereocenters. The van der Waals surface area contributed by atoms with E-state index in [1.165, 1.54) is 11.6 Å². The fourth-order valence-electron chi connectivity index (χ4n) is 3.25. The summed E-state index contributed by atoms with van der Waals surface area (Å²) >= 11 is 0. The molecule has 0 spiro atoms. The van der Waals surface area contributed by atoms with E-state index in [2.05, 4.69) is 52.0 Å². The molecular weight excluding hydrogens is 328 g/mol. The number of carbonyl (C=O) groups is 1. The van der Waals surface area contributed by atoms with E-state index in [1.54, 1.807) is 6.08 Å². The number of rotatable bonds is 12. The summed E-state index contributed by atoms with van der Waals surface area (Å²) in [5.74, 6) is -0.490. The normalized spacial score (nSPS) is 14.6. The average Bonchev–Trinajstić information content (AvgIpc) is 2.63. The lowest BCUT2D eigenvalue weighted by atomic mass is 9.94. The molecule has 4 heteroatoms. The highest BCUT2D eigenvalue weighted by atomic mass is 28.4. The van der Waals surface area contributed by atoms with Crippen LogP contribution in [0.4, 0.5) is 0 Å². The molecule has 1 N–H and O–H groups in total. The Balaban J connectivity index is 2.78. The number of hydrogen-bond acceptors (Lipinski definition) is 2. The third kappa shape index (κ3) is 7.57. The maximum Gasteiger partial charge on any atom is 0.327 e. The molecule has 0 saturated heterocycles. The second-order valence-electron chi connectivity index (χ2n) is 6.88. The van der Waals surface area contributed by atoms with Gasteiger partial charge >= 0.3 is 5.97 Å². The third-order valence-corrected chi connectivity index (χ3v) is 10.00.